The second-order valence-corrected chi connectivity index (χ2v) is 4.35. The van der Waals surface area contributed by atoms with Crippen LogP contribution in [0.1, 0.15) is 38.2 Å². The summed E-state index contributed by atoms with van der Waals surface area (Å²) in [5.41, 5.74) is 0.952. The highest BCUT2D eigenvalue weighted by atomic mass is 127. The lowest BCUT2D eigenvalue weighted by Gasteiger charge is -2.04. The molecule has 4 heteroatoms. The van der Waals surface area contributed by atoms with Crippen molar-refractivity contribution in [2.24, 2.45) is 0 Å². The summed E-state index contributed by atoms with van der Waals surface area (Å²) in [7, 11) is 0. The zero-order valence-electron chi connectivity index (χ0n) is 8.56. The Morgan fingerprint density at radius 2 is 1.93 bits per heavy atom. The van der Waals surface area contributed by atoms with Gasteiger partial charge in [-0.3, -0.25) is 4.79 Å². The fourth-order valence-electron chi connectivity index (χ4n) is 1.31. The first-order valence-corrected chi connectivity index (χ1v) is 6.04. The van der Waals surface area contributed by atoms with Crippen molar-refractivity contribution in [3.8, 4) is 0 Å². The predicted molar refractivity (Wildman–Crippen MR) is 65.6 cm³/mol. The molecule has 0 aromatic carbocycles. The zero-order chi connectivity index (χ0) is 10.6. The molecule has 1 aromatic heterocycles. The first-order valence-electron chi connectivity index (χ1n) is 4.96. The Bertz CT molecular complexity index is 360. The molecule has 0 aliphatic carbocycles. The van der Waals surface area contributed by atoms with Crippen LogP contribution in [0.2, 0.25) is 0 Å². The molecule has 0 atom stereocenters. The van der Waals surface area contributed by atoms with Gasteiger partial charge >= 0.3 is 0 Å². The first kappa shape index (κ1) is 11.7. The smallest absolute Gasteiger partial charge is 0.264 e. The summed E-state index contributed by atoms with van der Waals surface area (Å²) in [5, 5.41) is 0. The van der Waals surface area contributed by atoms with E-state index in [0.717, 1.165) is 40.8 Å². The van der Waals surface area contributed by atoms with Crippen LogP contribution in [0.15, 0.2) is 4.79 Å². The van der Waals surface area contributed by atoms with Crippen LogP contribution in [0.4, 0.5) is 0 Å². The van der Waals surface area contributed by atoms with Gasteiger partial charge in [-0.15, -0.1) is 0 Å². The maximum atomic E-state index is 11.5. The highest BCUT2D eigenvalue weighted by Gasteiger charge is 2.07. The number of H-pyrrole nitrogens is 1. The van der Waals surface area contributed by atoms with Crippen LogP contribution >= 0.6 is 22.6 Å². The van der Waals surface area contributed by atoms with Crippen molar-refractivity contribution in [3.63, 3.8) is 0 Å². The van der Waals surface area contributed by atoms with Crippen molar-refractivity contribution in [3.05, 3.63) is 25.4 Å². The average molecular weight is 306 g/mol. The molecule has 1 aromatic rings. The molecule has 0 bridgehead atoms. The average Bonchev–Trinajstić information content (AvgIpc) is 2.14. The number of nitrogens with zero attached hydrogens (tertiary/aromatic N) is 1. The summed E-state index contributed by atoms with van der Waals surface area (Å²) in [4.78, 5) is 18.8. The van der Waals surface area contributed by atoms with Crippen molar-refractivity contribution in [1.82, 2.24) is 9.97 Å². The molecule has 0 radical (unpaired) electrons. The van der Waals surface area contributed by atoms with Crippen molar-refractivity contribution < 1.29 is 0 Å². The SMILES string of the molecule is CCCc1nc(CCC)c(I)c(=O)[nH]1. The van der Waals surface area contributed by atoms with Gasteiger partial charge in [-0.25, -0.2) is 4.98 Å². The number of halogens is 1. The third-order valence-corrected chi connectivity index (χ3v) is 3.07. The van der Waals surface area contributed by atoms with Crippen LogP contribution in [0.5, 0.6) is 0 Å². The van der Waals surface area contributed by atoms with Gasteiger partial charge in [0.1, 0.15) is 5.82 Å². The van der Waals surface area contributed by atoms with Gasteiger partial charge < -0.3 is 4.98 Å². The fraction of sp³-hybridized carbons (Fsp3) is 0.600. The Morgan fingerprint density at radius 3 is 2.50 bits per heavy atom. The van der Waals surface area contributed by atoms with Gasteiger partial charge in [-0.05, 0) is 35.4 Å². The molecule has 14 heavy (non-hydrogen) atoms. The van der Waals surface area contributed by atoms with Crippen molar-refractivity contribution in [2.75, 3.05) is 0 Å². The molecular weight excluding hydrogens is 291 g/mol. The highest BCUT2D eigenvalue weighted by Crippen LogP contribution is 2.07. The first-order chi connectivity index (χ1) is 6.69. The van der Waals surface area contributed by atoms with Crippen LogP contribution in [0.25, 0.3) is 0 Å². The summed E-state index contributed by atoms with van der Waals surface area (Å²) in [5.74, 6) is 0.821. The molecule has 0 fully saturated rings. The van der Waals surface area contributed by atoms with Crippen molar-refractivity contribution >= 4 is 22.6 Å². The van der Waals surface area contributed by atoms with E-state index in [0.29, 0.717) is 0 Å². The van der Waals surface area contributed by atoms with Gasteiger partial charge in [0.15, 0.2) is 0 Å². The number of aromatic amines is 1. The molecule has 0 aliphatic heterocycles. The summed E-state index contributed by atoms with van der Waals surface area (Å²) < 4.78 is 0.740. The van der Waals surface area contributed by atoms with E-state index in [1.807, 2.05) is 0 Å². The quantitative estimate of drug-likeness (QED) is 0.868. The second kappa shape index (κ2) is 5.48. The minimum absolute atomic E-state index is 0.00694. The molecule has 0 saturated carbocycles. The molecule has 78 valence electrons. The van der Waals surface area contributed by atoms with Crippen molar-refractivity contribution in [2.45, 2.75) is 39.5 Å². The minimum Gasteiger partial charge on any atom is -0.310 e. The molecule has 1 rings (SSSR count). The lowest BCUT2D eigenvalue weighted by atomic mass is 10.2. The summed E-state index contributed by atoms with van der Waals surface area (Å²) in [6, 6.07) is 0. The van der Waals surface area contributed by atoms with Gasteiger partial charge in [-0.2, -0.15) is 0 Å². The fourth-order valence-corrected chi connectivity index (χ4v) is 1.84. The molecular formula is C10H15IN2O. The van der Waals surface area contributed by atoms with Crippen LogP contribution in [0.3, 0.4) is 0 Å². The van der Waals surface area contributed by atoms with E-state index >= 15 is 0 Å². The Kier molecular flexibility index (Phi) is 4.57. The summed E-state index contributed by atoms with van der Waals surface area (Å²) in [6.07, 6.45) is 3.77. The highest BCUT2D eigenvalue weighted by molar-refractivity contribution is 14.1. The van der Waals surface area contributed by atoms with E-state index in [4.69, 9.17) is 0 Å². The summed E-state index contributed by atoms with van der Waals surface area (Å²) in [6.45, 7) is 4.18. The van der Waals surface area contributed by atoms with E-state index in [1.165, 1.54) is 0 Å². The Hall–Kier alpha value is -0.390. The largest absolute Gasteiger partial charge is 0.310 e. The number of rotatable bonds is 4. The molecule has 1 N–H and O–H groups in total. The van der Waals surface area contributed by atoms with E-state index in [-0.39, 0.29) is 5.56 Å². The van der Waals surface area contributed by atoms with E-state index in [2.05, 4.69) is 46.4 Å². The third-order valence-electron chi connectivity index (χ3n) is 1.95. The molecule has 1 heterocycles. The van der Waals surface area contributed by atoms with Crippen LogP contribution in [0, 0.1) is 3.57 Å². The normalized spacial score (nSPS) is 10.5. The lowest BCUT2D eigenvalue weighted by molar-refractivity contribution is 0.778. The predicted octanol–water partition coefficient (Wildman–Crippen LogP) is 2.28. The standard InChI is InChI=1S/C10H15IN2O/c1-3-5-7-9(11)10(14)13-8(12-7)6-4-2/h3-6H2,1-2H3,(H,12,13,14). The van der Waals surface area contributed by atoms with Gasteiger partial charge in [0.25, 0.3) is 5.56 Å². The molecule has 0 amide bonds. The summed E-state index contributed by atoms with van der Waals surface area (Å²) >= 11 is 2.07. The van der Waals surface area contributed by atoms with Gasteiger partial charge in [-0.1, -0.05) is 20.3 Å². The number of hydrogen-bond donors (Lipinski definition) is 1. The maximum Gasteiger partial charge on any atom is 0.264 e. The number of nitrogens with one attached hydrogen (secondary N) is 1. The third kappa shape index (κ3) is 2.80. The molecule has 0 aliphatic rings. The monoisotopic (exact) mass is 306 g/mol. The zero-order valence-corrected chi connectivity index (χ0v) is 10.7. The number of aromatic nitrogens is 2. The topological polar surface area (TPSA) is 45.8 Å². The van der Waals surface area contributed by atoms with Gasteiger partial charge in [0.2, 0.25) is 0 Å². The van der Waals surface area contributed by atoms with Gasteiger partial charge in [0.05, 0.1) is 9.26 Å². The van der Waals surface area contributed by atoms with E-state index < -0.39 is 0 Å². The molecule has 0 unspecified atom stereocenters. The Morgan fingerprint density at radius 1 is 1.29 bits per heavy atom. The maximum absolute atomic E-state index is 11.5. The lowest BCUT2D eigenvalue weighted by Crippen LogP contribution is -2.18. The van der Waals surface area contributed by atoms with Crippen LogP contribution < -0.4 is 5.56 Å². The number of aryl methyl sites for hydroxylation is 2. The van der Waals surface area contributed by atoms with E-state index in [1.54, 1.807) is 0 Å². The van der Waals surface area contributed by atoms with Crippen molar-refractivity contribution in [1.29, 1.82) is 0 Å². The molecule has 3 nitrogen and oxygen atoms in total. The van der Waals surface area contributed by atoms with Crippen LogP contribution in [-0.2, 0) is 12.8 Å². The Labute approximate surface area is 97.5 Å². The number of hydrogen-bond acceptors (Lipinski definition) is 2. The van der Waals surface area contributed by atoms with Crippen LogP contribution in [-0.4, -0.2) is 9.97 Å². The Balaban J connectivity index is 3.07. The minimum atomic E-state index is 0.00694. The molecule has 0 spiro atoms. The van der Waals surface area contributed by atoms with Gasteiger partial charge in [0, 0.05) is 6.42 Å². The molecule has 0 saturated heterocycles. The second-order valence-electron chi connectivity index (χ2n) is 3.27. The van der Waals surface area contributed by atoms with E-state index in [9.17, 15) is 4.79 Å².